The van der Waals surface area contributed by atoms with Gasteiger partial charge >= 0.3 is 12.0 Å². The summed E-state index contributed by atoms with van der Waals surface area (Å²) in [6, 6.07) is 0.157. The molecule has 0 aliphatic heterocycles. The highest BCUT2D eigenvalue weighted by Gasteiger charge is 2.24. The van der Waals surface area contributed by atoms with Crippen LogP contribution in [0.2, 0.25) is 0 Å². The lowest BCUT2D eigenvalue weighted by Gasteiger charge is -2.31. The van der Waals surface area contributed by atoms with E-state index in [-0.39, 0.29) is 12.6 Å². The molecule has 20 heavy (non-hydrogen) atoms. The van der Waals surface area contributed by atoms with E-state index in [1.54, 1.807) is 4.90 Å². The fraction of sp³-hybridized carbons (Fsp3) is 0.867. The van der Waals surface area contributed by atoms with Crippen LogP contribution in [0, 0.1) is 11.8 Å². The van der Waals surface area contributed by atoms with Crippen molar-refractivity contribution in [3.63, 3.8) is 0 Å². The van der Waals surface area contributed by atoms with E-state index in [0.717, 1.165) is 12.8 Å². The summed E-state index contributed by atoms with van der Waals surface area (Å²) >= 11 is 0. The molecule has 0 bridgehead atoms. The summed E-state index contributed by atoms with van der Waals surface area (Å²) in [6.07, 6.45) is 6.29. The van der Waals surface area contributed by atoms with Crippen molar-refractivity contribution in [2.24, 2.45) is 11.8 Å². The van der Waals surface area contributed by atoms with E-state index < -0.39 is 11.9 Å². The molecule has 5 nitrogen and oxygen atoms in total. The molecule has 0 heterocycles. The molecule has 0 aromatic rings. The van der Waals surface area contributed by atoms with E-state index in [1.165, 1.54) is 19.3 Å². The van der Waals surface area contributed by atoms with Crippen LogP contribution in [-0.2, 0) is 4.79 Å². The van der Waals surface area contributed by atoms with Crippen LogP contribution in [0.3, 0.4) is 0 Å². The molecule has 0 radical (unpaired) electrons. The maximum Gasteiger partial charge on any atom is 0.317 e. The zero-order valence-electron chi connectivity index (χ0n) is 12.9. The molecular weight excluding hydrogens is 256 g/mol. The van der Waals surface area contributed by atoms with Gasteiger partial charge in [0.15, 0.2) is 0 Å². The predicted octanol–water partition coefficient (Wildman–Crippen LogP) is 2.71. The number of hydrogen-bond donors (Lipinski definition) is 2. The van der Waals surface area contributed by atoms with Gasteiger partial charge < -0.3 is 15.3 Å². The van der Waals surface area contributed by atoms with Crippen molar-refractivity contribution < 1.29 is 14.7 Å². The van der Waals surface area contributed by atoms with Gasteiger partial charge in [-0.05, 0) is 25.2 Å². The number of amides is 2. The molecule has 5 heteroatoms. The number of rotatable bonds is 6. The summed E-state index contributed by atoms with van der Waals surface area (Å²) in [5.41, 5.74) is 0. The Morgan fingerprint density at radius 3 is 2.35 bits per heavy atom. The minimum atomic E-state index is -0.834. The number of nitrogens with zero attached hydrogens (tertiary/aromatic N) is 1. The van der Waals surface area contributed by atoms with Gasteiger partial charge in [-0.3, -0.25) is 4.79 Å². The van der Waals surface area contributed by atoms with Crippen molar-refractivity contribution in [3.05, 3.63) is 0 Å². The van der Waals surface area contributed by atoms with Crippen molar-refractivity contribution in [3.8, 4) is 0 Å². The smallest absolute Gasteiger partial charge is 0.317 e. The molecule has 2 N–H and O–H groups in total. The number of hydrogen-bond acceptors (Lipinski definition) is 2. The molecule has 1 aliphatic carbocycles. The number of carbonyl (C=O) groups is 2. The minimum absolute atomic E-state index is 0.146. The summed E-state index contributed by atoms with van der Waals surface area (Å²) in [7, 11) is 1.81. The van der Waals surface area contributed by atoms with E-state index in [4.69, 9.17) is 5.11 Å². The van der Waals surface area contributed by atoms with Gasteiger partial charge in [-0.2, -0.15) is 0 Å². The van der Waals surface area contributed by atoms with E-state index in [0.29, 0.717) is 18.4 Å². The first kappa shape index (κ1) is 16.8. The average Bonchev–Trinajstić information content (AvgIpc) is 2.42. The molecule has 1 fully saturated rings. The second-order valence-corrected chi connectivity index (χ2v) is 6.25. The molecule has 0 aromatic heterocycles. The first-order valence-corrected chi connectivity index (χ1v) is 7.65. The van der Waals surface area contributed by atoms with Crippen LogP contribution in [-0.4, -0.2) is 41.6 Å². The Morgan fingerprint density at radius 2 is 1.85 bits per heavy atom. The summed E-state index contributed by atoms with van der Waals surface area (Å²) in [5, 5.41) is 11.9. The highest BCUT2D eigenvalue weighted by Crippen LogP contribution is 2.21. The molecule has 1 rings (SSSR count). The predicted molar refractivity (Wildman–Crippen MR) is 78.6 cm³/mol. The minimum Gasteiger partial charge on any atom is -0.481 e. The molecule has 1 atom stereocenters. The zero-order valence-corrected chi connectivity index (χ0v) is 12.9. The largest absolute Gasteiger partial charge is 0.481 e. The number of nitrogens with one attached hydrogen (secondary N) is 1. The molecule has 0 saturated heterocycles. The summed E-state index contributed by atoms with van der Waals surface area (Å²) < 4.78 is 0. The van der Waals surface area contributed by atoms with Gasteiger partial charge in [-0.15, -0.1) is 0 Å². The lowest BCUT2D eigenvalue weighted by molar-refractivity contribution is -0.142. The Morgan fingerprint density at radius 1 is 1.25 bits per heavy atom. The molecule has 1 aliphatic rings. The maximum absolute atomic E-state index is 12.1. The third-order valence-electron chi connectivity index (χ3n) is 4.05. The van der Waals surface area contributed by atoms with Crippen LogP contribution in [0.1, 0.15) is 52.4 Å². The number of carboxylic acid groups (broad SMARTS) is 1. The normalized spacial score (nSPS) is 17.8. The van der Waals surface area contributed by atoms with Crippen molar-refractivity contribution in [1.82, 2.24) is 10.2 Å². The number of carboxylic acids is 1. The standard InChI is InChI=1S/C15H28N2O3/c1-11(2)9-12(14(18)19)10-16-15(20)17(3)13-7-5-4-6-8-13/h11-13H,4-10H2,1-3H3,(H,16,20)(H,18,19). The van der Waals surface area contributed by atoms with Gasteiger partial charge in [0.2, 0.25) is 0 Å². The third-order valence-corrected chi connectivity index (χ3v) is 4.05. The Hall–Kier alpha value is -1.26. The molecule has 2 amide bonds. The van der Waals surface area contributed by atoms with Crippen LogP contribution >= 0.6 is 0 Å². The van der Waals surface area contributed by atoms with Gasteiger partial charge in [-0.1, -0.05) is 33.1 Å². The van der Waals surface area contributed by atoms with Crippen LogP contribution in [0.5, 0.6) is 0 Å². The summed E-state index contributed by atoms with van der Waals surface area (Å²) in [4.78, 5) is 25.0. The molecule has 0 aromatic carbocycles. The fourth-order valence-electron chi connectivity index (χ4n) is 2.81. The highest BCUT2D eigenvalue weighted by molar-refractivity contribution is 5.76. The fourth-order valence-corrected chi connectivity index (χ4v) is 2.81. The SMILES string of the molecule is CC(C)CC(CNC(=O)N(C)C1CCCCC1)C(=O)O. The van der Waals surface area contributed by atoms with Crippen molar-refractivity contribution >= 4 is 12.0 Å². The van der Waals surface area contributed by atoms with Gasteiger partial charge in [0, 0.05) is 19.6 Å². The second kappa shape index (κ2) is 8.12. The first-order valence-electron chi connectivity index (χ1n) is 7.65. The Labute approximate surface area is 121 Å². The van der Waals surface area contributed by atoms with Crippen LogP contribution < -0.4 is 5.32 Å². The number of aliphatic carboxylic acids is 1. The van der Waals surface area contributed by atoms with Crippen molar-refractivity contribution in [1.29, 1.82) is 0 Å². The highest BCUT2D eigenvalue weighted by atomic mass is 16.4. The topological polar surface area (TPSA) is 69.6 Å². The lowest BCUT2D eigenvalue weighted by Crippen LogP contribution is -2.46. The van der Waals surface area contributed by atoms with Crippen molar-refractivity contribution in [2.75, 3.05) is 13.6 Å². The summed E-state index contributed by atoms with van der Waals surface area (Å²) in [6.45, 7) is 4.20. The quantitative estimate of drug-likeness (QED) is 0.788. The Kier molecular flexibility index (Phi) is 6.82. The first-order chi connectivity index (χ1) is 9.41. The van der Waals surface area contributed by atoms with Gasteiger partial charge in [0.05, 0.1) is 5.92 Å². The van der Waals surface area contributed by atoms with Crippen LogP contribution in [0.4, 0.5) is 4.79 Å². The molecule has 0 spiro atoms. The lowest BCUT2D eigenvalue weighted by atomic mass is 9.94. The monoisotopic (exact) mass is 284 g/mol. The van der Waals surface area contributed by atoms with Gasteiger partial charge in [-0.25, -0.2) is 4.79 Å². The Bertz CT molecular complexity index is 325. The molecule has 1 unspecified atom stereocenters. The maximum atomic E-state index is 12.1. The second-order valence-electron chi connectivity index (χ2n) is 6.25. The van der Waals surface area contributed by atoms with Gasteiger partial charge in [0.1, 0.15) is 0 Å². The number of urea groups is 1. The third kappa shape index (κ3) is 5.39. The number of carbonyl (C=O) groups excluding carboxylic acids is 1. The van der Waals surface area contributed by atoms with Crippen LogP contribution in [0.25, 0.3) is 0 Å². The average molecular weight is 284 g/mol. The van der Waals surface area contributed by atoms with Crippen LogP contribution in [0.15, 0.2) is 0 Å². The Balaban J connectivity index is 2.41. The van der Waals surface area contributed by atoms with Gasteiger partial charge in [0.25, 0.3) is 0 Å². The van der Waals surface area contributed by atoms with E-state index >= 15 is 0 Å². The molecular formula is C15H28N2O3. The zero-order chi connectivity index (χ0) is 15.1. The van der Waals surface area contributed by atoms with E-state index in [1.807, 2.05) is 20.9 Å². The summed E-state index contributed by atoms with van der Waals surface area (Å²) in [5.74, 6) is -1.03. The van der Waals surface area contributed by atoms with E-state index in [9.17, 15) is 9.59 Å². The van der Waals surface area contributed by atoms with E-state index in [2.05, 4.69) is 5.32 Å². The molecule has 116 valence electrons. The molecule has 1 saturated carbocycles. The van der Waals surface area contributed by atoms with Crippen molar-refractivity contribution in [2.45, 2.75) is 58.4 Å².